The number of aliphatic hydroxyl groups excluding tert-OH is 3. The average molecular weight is 432 g/mol. The van der Waals surface area contributed by atoms with Gasteiger partial charge < -0.3 is 44.5 Å². The number of hydrogen-bond acceptors (Lipinski definition) is 10. The topological polar surface area (TPSA) is 170 Å². The lowest BCUT2D eigenvalue weighted by atomic mass is 10.00. The van der Waals surface area contributed by atoms with Gasteiger partial charge in [0.05, 0.1) is 6.10 Å². The van der Waals surface area contributed by atoms with E-state index in [1.165, 1.54) is 31.2 Å². The van der Waals surface area contributed by atoms with Gasteiger partial charge in [0.1, 0.15) is 46.5 Å². The summed E-state index contributed by atoms with van der Waals surface area (Å²) in [4.78, 5) is 12.5. The highest BCUT2D eigenvalue weighted by Crippen LogP contribution is 2.35. The van der Waals surface area contributed by atoms with Gasteiger partial charge in [0, 0.05) is 23.8 Å². The van der Waals surface area contributed by atoms with Gasteiger partial charge in [0.2, 0.25) is 6.29 Å². The van der Waals surface area contributed by atoms with E-state index >= 15 is 0 Å². The third kappa shape index (κ3) is 3.77. The van der Waals surface area contributed by atoms with Crippen LogP contribution in [0.15, 0.2) is 45.6 Å². The second-order valence-corrected chi connectivity index (χ2v) is 7.29. The van der Waals surface area contributed by atoms with E-state index in [-0.39, 0.29) is 28.2 Å². The van der Waals surface area contributed by atoms with Crippen molar-refractivity contribution >= 4 is 11.0 Å². The van der Waals surface area contributed by atoms with E-state index in [2.05, 4.69) is 0 Å². The molecule has 6 N–H and O–H groups in total. The molecule has 0 saturated carbocycles. The van der Waals surface area contributed by atoms with Gasteiger partial charge >= 0.3 is 0 Å². The fourth-order valence-electron chi connectivity index (χ4n) is 3.38. The summed E-state index contributed by atoms with van der Waals surface area (Å²) in [5.41, 5.74) is -0.310. The van der Waals surface area contributed by atoms with Crippen LogP contribution >= 0.6 is 0 Å². The highest BCUT2D eigenvalue weighted by Gasteiger charge is 2.43. The molecule has 1 aromatic heterocycles. The molecule has 0 aliphatic carbocycles. The molecule has 0 radical (unpaired) electrons. The standard InChI is InChI=1S/C21H20O10/c1-8-18(26)19(27)20(28)21(29-8)30-10-5-13(24)17-14(25)7-15(31-16(17)6-10)9-2-3-11(22)12(23)4-9/h2-8,18-24,26-28H,1H3/t8-,18-,19+,20-,21?/m1/s1. The van der Waals surface area contributed by atoms with Crippen molar-refractivity contribution in [2.45, 2.75) is 37.6 Å². The van der Waals surface area contributed by atoms with E-state index in [9.17, 15) is 35.4 Å². The molecule has 2 aromatic carbocycles. The molecular weight excluding hydrogens is 412 g/mol. The van der Waals surface area contributed by atoms with Crippen molar-refractivity contribution in [1.82, 2.24) is 0 Å². The minimum atomic E-state index is -1.57. The molecule has 3 aromatic rings. The molecular formula is C21H20O10. The number of benzene rings is 2. The summed E-state index contributed by atoms with van der Waals surface area (Å²) in [6.07, 6.45) is -6.56. The second-order valence-electron chi connectivity index (χ2n) is 7.29. The molecule has 31 heavy (non-hydrogen) atoms. The Kier molecular flexibility index (Phi) is 5.23. The maximum atomic E-state index is 12.5. The molecule has 1 aliphatic rings. The zero-order chi connectivity index (χ0) is 22.4. The number of aromatic hydroxyl groups is 3. The van der Waals surface area contributed by atoms with Crippen molar-refractivity contribution in [2.75, 3.05) is 0 Å². The monoisotopic (exact) mass is 432 g/mol. The van der Waals surface area contributed by atoms with Gasteiger partial charge in [-0.05, 0) is 25.1 Å². The maximum absolute atomic E-state index is 12.5. The lowest BCUT2D eigenvalue weighted by Gasteiger charge is -2.38. The smallest absolute Gasteiger partial charge is 0.229 e. The summed E-state index contributed by atoms with van der Waals surface area (Å²) in [7, 11) is 0. The third-order valence-corrected chi connectivity index (χ3v) is 5.10. The van der Waals surface area contributed by atoms with E-state index in [4.69, 9.17) is 13.9 Å². The fraction of sp³-hybridized carbons (Fsp3) is 0.286. The van der Waals surface area contributed by atoms with Crippen molar-refractivity contribution in [2.24, 2.45) is 0 Å². The Bertz CT molecular complexity index is 1190. The highest BCUT2D eigenvalue weighted by molar-refractivity contribution is 5.86. The quantitative estimate of drug-likeness (QED) is 0.325. The van der Waals surface area contributed by atoms with Crippen molar-refractivity contribution in [3.05, 3.63) is 46.6 Å². The Hall–Kier alpha value is -3.31. The Balaban J connectivity index is 1.73. The number of hydrogen-bond donors (Lipinski definition) is 6. The van der Waals surface area contributed by atoms with Crippen LogP contribution in [0.5, 0.6) is 23.0 Å². The van der Waals surface area contributed by atoms with Crippen LogP contribution in [-0.2, 0) is 4.74 Å². The van der Waals surface area contributed by atoms with E-state index in [1.807, 2.05) is 0 Å². The second kappa shape index (κ2) is 7.75. The number of ether oxygens (including phenoxy) is 2. The molecule has 164 valence electrons. The Morgan fingerprint density at radius 1 is 0.871 bits per heavy atom. The molecule has 1 fully saturated rings. The van der Waals surface area contributed by atoms with Crippen LogP contribution in [-0.4, -0.2) is 61.3 Å². The SMILES string of the molecule is C[C@H]1OC(Oc2cc(O)c3c(=O)cc(-c4ccc(O)c(O)c4)oc3c2)[C@H](O)[C@@H](O)[C@@H]1O. The van der Waals surface area contributed by atoms with Crippen molar-refractivity contribution in [3.8, 4) is 34.3 Å². The summed E-state index contributed by atoms with van der Waals surface area (Å²) < 4.78 is 16.6. The van der Waals surface area contributed by atoms with Gasteiger partial charge in [-0.2, -0.15) is 0 Å². The highest BCUT2D eigenvalue weighted by atomic mass is 16.7. The van der Waals surface area contributed by atoms with Crippen LogP contribution in [0.25, 0.3) is 22.3 Å². The predicted octanol–water partition coefficient (Wildman–Crippen LogP) is 0.783. The first-order valence-electron chi connectivity index (χ1n) is 9.35. The zero-order valence-corrected chi connectivity index (χ0v) is 16.2. The first-order valence-corrected chi connectivity index (χ1v) is 9.35. The molecule has 10 nitrogen and oxygen atoms in total. The predicted molar refractivity (Wildman–Crippen MR) is 106 cm³/mol. The van der Waals surface area contributed by atoms with E-state index in [0.717, 1.165) is 12.1 Å². The third-order valence-electron chi connectivity index (χ3n) is 5.10. The molecule has 0 amide bonds. The summed E-state index contributed by atoms with van der Waals surface area (Å²) in [6, 6.07) is 7.41. The number of rotatable bonds is 3. The minimum absolute atomic E-state index is 0.0290. The molecule has 4 rings (SSSR count). The number of aliphatic hydroxyl groups is 3. The van der Waals surface area contributed by atoms with Gasteiger partial charge in [-0.25, -0.2) is 0 Å². The molecule has 1 unspecified atom stereocenters. The van der Waals surface area contributed by atoms with Gasteiger partial charge in [-0.15, -0.1) is 0 Å². The Morgan fingerprint density at radius 2 is 1.61 bits per heavy atom. The number of phenols is 3. The van der Waals surface area contributed by atoms with Crippen molar-refractivity contribution < 1.29 is 44.5 Å². The van der Waals surface area contributed by atoms with Crippen LogP contribution in [0.3, 0.4) is 0 Å². The van der Waals surface area contributed by atoms with Crippen LogP contribution < -0.4 is 10.2 Å². The number of fused-ring (bicyclic) bond motifs is 1. The van der Waals surface area contributed by atoms with Gasteiger partial charge in [-0.1, -0.05) is 0 Å². The summed E-state index contributed by atoms with van der Waals surface area (Å²) in [5, 5.41) is 59.2. The average Bonchev–Trinajstić information content (AvgIpc) is 2.71. The summed E-state index contributed by atoms with van der Waals surface area (Å²) >= 11 is 0. The van der Waals surface area contributed by atoms with Crippen LogP contribution in [0.1, 0.15) is 6.92 Å². The molecule has 5 atom stereocenters. The minimum Gasteiger partial charge on any atom is -0.507 e. The molecule has 2 heterocycles. The summed E-state index contributed by atoms with van der Waals surface area (Å²) in [5.74, 6) is -1.16. The van der Waals surface area contributed by atoms with Crippen LogP contribution in [0, 0.1) is 0 Å². The fourth-order valence-corrected chi connectivity index (χ4v) is 3.38. The Morgan fingerprint density at radius 3 is 2.32 bits per heavy atom. The van der Waals surface area contributed by atoms with Crippen LogP contribution in [0.2, 0.25) is 0 Å². The molecule has 1 aliphatic heterocycles. The largest absolute Gasteiger partial charge is 0.507 e. The molecule has 10 heteroatoms. The molecule has 1 saturated heterocycles. The first-order chi connectivity index (χ1) is 14.7. The van der Waals surface area contributed by atoms with Crippen LogP contribution in [0.4, 0.5) is 0 Å². The molecule has 0 bridgehead atoms. The van der Waals surface area contributed by atoms with Crippen molar-refractivity contribution in [1.29, 1.82) is 0 Å². The normalized spacial score (nSPS) is 26.1. The zero-order valence-electron chi connectivity index (χ0n) is 16.2. The van der Waals surface area contributed by atoms with E-state index in [1.54, 1.807) is 0 Å². The lowest BCUT2D eigenvalue weighted by molar-refractivity contribution is -0.268. The van der Waals surface area contributed by atoms with Gasteiger partial charge in [0.15, 0.2) is 16.9 Å². The molecule has 0 spiro atoms. The number of phenolic OH excluding ortho intramolecular Hbond substituents is 3. The van der Waals surface area contributed by atoms with E-state index < -0.39 is 47.6 Å². The first kappa shape index (κ1) is 20.9. The Labute approximate surface area is 174 Å². The van der Waals surface area contributed by atoms with Gasteiger partial charge in [-0.3, -0.25) is 4.79 Å². The lowest BCUT2D eigenvalue weighted by Crippen LogP contribution is -2.58. The summed E-state index contributed by atoms with van der Waals surface area (Å²) in [6.45, 7) is 1.49. The maximum Gasteiger partial charge on any atom is 0.229 e. The van der Waals surface area contributed by atoms with Crippen molar-refractivity contribution in [3.63, 3.8) is 0 Å². The van der Waals surface area contributed by atoms with E-state index in [0.29, 0.717) is 5.56 Å². The van der Waals surface area contributed by atoms with Gasteiger partial charge in [0.25, 0.3) is 0 Å².